The van der Waals surface area contributed by atoms with Crippen LogP contribution in [0, 0.1) is 5.92 Å². The smallest absolute Gasteiger partial charge is 0.0695 e. The number of piperidine rings is 1. The summed E-state index contributed by atoms with van der Waals surface area (Å²) in [6.07, 6.45) is 4.57. The average Bonchev–Trinajstić information content (AvgIpc) is 2.68. The molecule has 4 unspecified atom stereocenters. The normalized spacial score (nSPS) is 41.4. The van der Waals surface area contributed by atoms with Gasteiger partial charge in [-0.25, -0.2) is 0 Å². The molecule has 2 fully saturated rings. The van der Waals surface area contributed by atoms with Gasteiger partial charge in [-0.05, 0) is 38.1 Å². The van der Waals surface area contributed by atoms with E-state index in [0.29, 0.717) is 18.0 Å². The van der Waals surface area contributed by atoms with Crippen molar-refractivity contribution in [1.82, 2.24) is 10.2 Å². The second kappa shape index (κ2) is 5.48. The highest BCUT2D eigenvalue weighted by atomic mass is 16.3. The van der Waals surface area contributed by atoms with Crippen molar-refractivity contribution in [2.75, 3.05) is 19.6 Å². The van der Waals surface area contributed by atoms with Gasteiger partial charge in [0.2, 0.25) is 0 Å². The SMILES string of the molecule is CCNC1CCN(C2CCCC2O)CC1C. The van der Waals surface area contributed by atoms with Crippen molar-refractivity contribution >= 4 is 0 Å². The molecule has 1 saturated carbocycles. The lowest BCUT2D eigenvalue weighted by atomic mass is 9.92. The Bertz CT molecular complexity index is 222. The maximum absolute atomic E-state index is 9.94. The van der Waals surface area contributed by atoms with Gasteiger partial charge in [0.25, 0.3) is 0 Å². The summed E-state index contributed by atoms with van der Waals surface area (Å²) in [5, 5.41) is 13.5. The molecule has 2 N–H and O–H groups in total. The lowest BCUT2D eigenvalue weighted by molar-refractivity contribution is 0.0363. The van der Waals surface area contributed by atoms with Gasteiger partial charge in [-0.15, -0.1) is 0 Å². The summed E-state index contributed by atoms with van der Waals surface area (Å²) in [4.78, 5) is 2.52. The van der Waals surface area contributed by atoms with Crippen LogP contribution in [0.3, 0.4) is 0 Å². The molecule has 4 atom stereocenters. The Labute approximate surface area is 99.2 Å². The summed E-state index contributed by atoms with van der Waals surface area (Å²) >= 11 is 0. The quantitative estimate of drug-likeness (QED) is 0.759. The first-order valence-corrected chi connectivity index (χ1v) is 6.88. The summed E-state index contributed by atoms with van der Waals surface area (Å²) in [5.41, 5.74) is 0. The van der Waals surface area contributed by atoms with Crippen molar-refractivity contribution in [1.29, 1.82) is 0 Å². The van der Waals surface area contributed by atoms with Gasteiger partial charge in [0, 0.05) is 25.2 Å². The predicted molar refractivity (Wildman–Crippen MR) is 66.5 cm³/mol. The van der Waals surface area contributed by atoms with Gasteiger partial charge in [-0.1, -0.05) is 13.8 Å². The monoisotopic (exact) mass is 226 g/mol. The maximum atomic E-state index is 9.94. The Morgan fingerprint density at radius 3 is 2.69 bits per heavy atom. The van der Waals surface area contributed by atoms with Crippen LogP contribution in [0.15, 0.2) is 0 Å². The Balaban J connectivity index is 1.86. The van der Waals surface area contributed by atoms with Crippen LogP contribution in [0.25, 0.3) is 0 Å². The van der Waals surface area contributed by atoms with Crippen LogP contribution >= 0.6 is 0 Å². The van der Waals surface area contributed by atoms with E-state index in [1.165, 1.54) is 19.3 Å². The molecule has 3 nitrogen and oxygen atoms in total. The van der Waals surface area contributed by atoms with Crippen molar-refractivity contribution in [3.63, 3.8) is 0 Å². The lowest BCUT2D eigenvalue weighted by Gasteiger charge is -2.41. The van der Waals surface area contributed by atoms with Crippen LogP contribution in [0.2, 0.25) is 0 Å². The molecular formula is C13H26N2O. The van der Waals surface area contributed by atoms with Crippen LogP contribution in [-0.4, -0.2) is 47.8 Å². The third kappa shape index (κ3) is 2.58. The van der Waals surface area contributed by atoms with Crippen LogP contribution in [0.4, 0.5) is 0 Å². The van der Waals surface area contributed by atoms with Crippen molar-refractivity contribution in [2.24, 2.45) is 5.92 Å². The molecule has 2 rings (SSSR count). The molecule has 1 aliphatic carbocycles. The number of rotatable bonds is 3. The van der Waals surface area contributed by atoms with Gasteiger partial charge in [0.1, 0.15) is 0 Å². The van der Waals surface area contributed by atoms with E-state index in [1.807, 2.05) is 0 Å². The van der Waals surface area contributed by atoms with E-state index >= 15 is 0 Å². The number of hydrogen-bond donors (Lipinski definition) is 2. The van der Waals surface area contributed by atoms with E-state index in [9.17, 15) is 5.11 Å². The summed E-state index contributed by atoms with van der Waals surface area (Å²) in [6, 6.07) is 1.13. The van der Waals surface area contributed by atoms with Crippen LogP contribution < -0.4 is 5.32 Å². The fourth-order valence-corrected chi connectivity index (χ4v) is 3.39. The second-order valence-corrected chi connectivity index (χ2v) is 5.49. The minimum atomic E-state index is -0.0668. The lowest BCUT2D eigenvalue weighted by Crippen LogP contribution is -2.53. The van der Waals surface area contributed by atoms with E-state index in [4.69, 9.17) is 0 Å². The standard InChI is InChI=1S/C13H26N2O/c1-3-14-11-7-8-15(9-10(11)2)12-5-4-6-13(12)16/h10-14,16H,3-9H2,1-2H3. The highest BCUT2D eigenvalue weighted by Gasteiger charge is 2.35. The fourth-order valence-electron chi connectivity index (χ4n) is 3.39. The van der Waals surface area contributed by atoms with Gasteiger partial charge >= 0.3 is 0 Å². The zero-order valence-corrected chi connectivity index (χ0v) is 10.7. The van der Waals surface area contributed by atoms with Gasteiger partial charge in [0.05, 0.1) is 6.10 Å². The highest BCUT2D eigenvalue weighted by Crippen LogP contribution is 2.28. The molecule has 0 aromatic carbocycles. The van der Waals surface area contributed by atoms with E-state index < -0.39 is 0 Å². The molecule has 0 aromatic rings. The molecule has 1 heterocycles. The van der Waals surface area contributed by atoms with E-state index in [0.717, 1.165) is 26.1 Å². The van der Waals surface area contributed by atoms with Crippen molar-refractivity contribution in [3.05, 3.63) is 0 Å². The van der Waals surface area contributed by atoms with Crippen LogP contribution in [0.1, 0.15) is 39.5 Å². The molecule has 1 aliphatic heterocycles. The molecule has 0 aromatic heterocycles. The van der Waals surface area contributed by atoms with E-state index in [-0.39, 0.29) is 6.10 Å². The van der Waals surface area contributed by atoms with Gasteiger partial charge < -0.3 is 10.4 Å². The molecule has 0 bridgehead atoms. The van der Waals surface area contributed by atoms with Gasteiger partial charge in [-0.2, -0.15) is 0 Å². The minimum absolute atomic E-state index is 0.0668. The molecule has 2 aliphatic rings. The van der Waals surface area contributed by atoms with Gasteiger partial charge in [0.15, 0.2) is 0 Å². The minimum Gasteiger partial charge on any atom is -0.391 e. The zero-order valence-electron chi connectivity index (χ0n) is 10.7. The molecular weight excluding hydrogens is 200 g/mol. The first kappa shape index (κ1) is 12.3. The molecule has 1 saturated heterocycles. The number of hydrogen-bond acceptors (Lipinski definition) is 3. The van der Waals surface area contributed by atoms with Crippen molar-refractivity contribution in [3.8, 4) is 0 Å². The molecule has 0 radical (unpaired) electrons. The third-order valence-corrected chi connectivity index (χ3v) is 4.32. The predicted octanol–water partition coefficient (Wildman–Crippen LogP) is 1.22. The molecule has 0 spiro atoms. The largest absolute Gasteiger partial charge is 0.391 e. The van der Waals surface area contributed by atoms with Crippen molar-refractivity contribution in [2.45, 2.75) is 57.7 Å². The number of aliphatic hydroxyl groups excluding tert-OH is 1. The summed E-state index contributed by atoms with van der Waals surface area (Å²) in [5.74, 6) is 0.710. The summed E-state index contributed by atoms with van der Waals surface area (Å²) in [7, 11) is 0. The molecule has 0 amide bonds. The third-order valence-electron chi connectivity index (χ3n) is 4.32. The second-order valence-electron chi connectivity index (χ2n) is 5.49. The molecule has 16 heavy (non-hydrogen) atoms. The number of nitrogens with one attached hydrogen (secondary N) is 1. The fraction of sp³-hybridized carbons (Fsp3) is 1.00. The van der Waals surface area contributed by atoms with Crippen LogP contribution in [0.5, 0.6) is 0 Å². The Kier molecular flexibility index (Phi) is 4.22. The highest BCUT2D eigenvalue weighted by molar-refractivity contribution is 4.91. The van der Waals surface area contributed by atoms with E-state index in [2.05, 4.69) is 24.1 Å². The van der Waals surface area contributed by atoms with E-state index in [1.54, 1.807) is 0 Å². The zero-order chi connectivity index (χ0) is 11.5. The Hall–Kier alpha value is -0.120. The topological polar surface area (TPSA) is 35.5 Å². The first-order chi connectivity index (χ1) is 7.72. The number of nitrogens with zero attached hydrogens (tertiary/aromatic N) is 1. The Morgan fingerprint density at radius 2 is 2.12 bits per heavy atom. The van der Waals surface area contributed by atoms with Crippen molar-refractivity contribution < 1.29 is 5.11 Å². The van der Waals surface area contributed by atoms with Gasteiger partial charge in [-0.3, -0.25) is 4.90 Å². The Morgan fingerprint density at radius 1 is 1.31 bits per heavy atom. The van der Waals surface area contributed by atoms with Crippen LogP contribution in [-0.2, 0) is 0 Å². The number of aliphatic hydroxyl groups is 1. The summed E-state index contributed by atoms with van der Waals surface area (Å²) in [6.45, 7) is 7.89. The maximum Gasteiger partial charge on any atom is 0.0695 e. The molecule has 3 heteroatoms. The number of likely N-dealkylation sites (tertiary alicyclic amines) is 1. The summed E-state index contributed by atoms with van der Waals surface area (Å²) < 4.78 is 0. The first-order valence-electron chi connectivity index (χ1n) is 6.88. The average molecular weight is 226 g/mol. The molecule has 94 valence electrons.